The van der Waals surface area contributed by atoms with Crippen molar-refractivity contribution in [1.29, 1.82) is 0 Å². The largest absolute Gasteiger partial charge is 0.497 e. The lowest BCUT2D eigenvalue weighted by Crippen LogP contribution is -2.21. The maximum atomic E-state index is 11.3. The number of methoxy groups -OCH3 is 2. The Morgan fingerprint density at radius 2 is 2.14 bits per heavy atom. The molecular weight excluding hydrogens is 290 g/mol. The zero-order valence-electron chi connectivity index (χ0n) is 12.1. The number of nitrogens with one attached hydrogen (secondary N) is 1. The van der Waals surface area contributed by atoms with E-state index in [1.54, 1.807) is 14.2 Å². The fraction of sp³-hybridized carbons (Fsp3) is 0.286. The molecule has 1 heterocycles. The number of carbonyl (C=O) groups excluding carboxylic acids is 1. The molecule has 0 radical (unpaired) electrons. The number of hydrogen-bond donors (Lipinski definition) is 2. The van der Waals surface area contributed by atoms with Crippen molar-refractivity contribution in [3.05, 3.63) is 23.1 Å². The highest BCUT2D eigenvalue weighted by Crippen LogP contribution is 2.37. The topological polar surface area (TPSA) is 86.5 Å². The molecule has 0 atom stereocenters. The van der Waals surface area contributed by atoms with E-state index in [1.807, 2.05) is 25.1 Å². The summed E-state index contributed by atoms with van der Waals surface area (Å²) in [5.41, 5.74) is 6.86. The molecule has 21 heavy (non-hydrogen) atoms. The first-order chi connectivity index (χ1) is 10.1. The van der Waals surface area contributed by atoms with Crippen LogP contribution in [-0.4, -0.2) is 31.7 Å². The minimum absolute atomic E-state index is 0.0730. The van der Waals surface area contributed by atoms with Crippen molar-refractivity contribution in [2.75, 3.05) is 26.1 Å². The van der Waals surface area contributed by atoms with Gasteiger partial charge in [-0.05, 0) is 25.1 Å². The van der Waals surface area contributed by atoms with E-state index in [4.69, 9.17) is 15.2 Å². The molecule has 1 aromatic heterocycles. The second-order valence-corrected chi connectivity index (χ2v) is 5.45. The highest BCUT2D eigenvalue weighted by molar-refractivity contribution is 7.16. The Kier molecular flexibility index (Phi) is 4.77. The summed E-state index contributed by atoms with van der Waals surface area (Å²) in [4.78, 5) is 16.8. The summed E-state index contributed by atoms with van der Waals surface area (Å²) in [6.07, 6.45) is 0. The number of anilines is 1. The van der Waals surface area contributed by atoms with E-state index in [9.17, 15) is 4.79 Å². The molecule has 0 aliphatic carbocycles. The predicted molar refractivity (Wildman–Crippen MR) is 83.1 cm³/mol. The number of nitrogens with zero attached hydrogens (tertiary/aromatic N) is 1. The second-order valence-electron chi connectivity index (χ2n) is 4.24. The Balaban J connectivity index is 2.44. The van der Waals surface area contributed by atoms with Gasteiger partial charge in [-0.3, -0.25) is 4.79 Å². The molecule has 0 unspecified atom stereocenters. The van der Waals surface area contributed by atoms with E-state index in [0.29, 0.717) is 16.6 Å². The summed E-state index contributed by atoms with van der Waals surface area (Å²) in [5, 5.41) is 3.18. The quantitative estimate of drug-likeness (QED) is 0.882. The van der Waals surface area contributed by atoms with Gasteiger partial charge in [0.2, 0.25) is 5.91 Å². The SMILES string of the molecule is COc1ccc(OC)c(-c2nc(NC(=O)CN)sc2C)c1. The zero-order chi connectivity index (χ0) is 15.4. The van der Waals surface area contributed by atoms with Gasteiger partial charge in [-0.15, -0.1) is 11.3 Å². The van der Waals surface area contributed by atoms with E-state index in [0.717, 1.165) is 16.1 Å². The summed E-state index contributed by atoms with van der Waals surface area (Å²) in [6, 6.07) is 5.50. The highest BCUT2D eigenvalue weighted by atomic mass is 32.1. The first kappa shape index (κ1) is 15.3. The van der Waals surface area contributed by atoms with E-state index in [2.05, 4.69) is 10.3 Å². The van der Waals surface area contributed by atoms with Crippen molar-refractivity contribution in [3.8, 4) is 22.8 Å². The van der Waals surface area contributed by atoms with Crippen molar-refractivity contribution in [3.63, 3.8) is 0 Å². The molecule has 1 aromatic carbocycles. The zero-order valence-corrected chi connectivity index (χ0v) is 12.9. The van der Waals surface area contributed by atoms with Crippen molar-refractivity contribution in [2.45, 2.75) is 6.92 Å². The maximum absolute atomic E-state index is 11.3. The van der Waals surface area contributed by atoms with Crippen LogP contribution in [0.3, 0.4) is 0 Å². The van der Waals surface area contributed by atoms with Crippen LogP contribution in [0.1, 0.15) is 4.88 Å². The van der Waals surface area contributed by atoms with Crippen molar-refractivity contribution >= 4 is 22.4 Å². The third kappa shape index (κ3) is 3.32. The summed E-state index contributed by atoms with van der Waals surface area (Å²) in [7, 11) is 3.20. The van der Waals surface area contributed by atoms with Crippen molar-refractivity contribution in [1.82, 2.24) is 4.98 Å². The number of amides is 1. The van der Waals surface area contributed by atoms with Gasteiger partial charge >= 0.3 is 0 Å². The summed E-state index contributed by atoms with van der Waals surface area (Å²) in [6.45, 7) is 1.86. The van der Waals surface area contributed by atoms with Gasteiger partial charge in [0, 0.05) is 10.4 Å². The fourth-order valence-corrected chi connectivity index (χ4v) is 2.71. The molecule has 3 N–H and O–H groups in total. The monoisotopic (exact) mass is 307 g/mol. The third-order valence-corrected chi connectivity index (χ3v) is 3.78. The Morgan fingerprint density at radius 1 is 1.38 bits per heavy atom. The van der Waals surface area contributed by atoms with Crippen LogP contribution in [0.15, 0.2) is 18.2 Å². The molecule has 1 amide bonds. The average Bonchev–Trinajstić information content (AvgIpc) is 2.86. The van der Waals surface area contributed by atoms with E-state index in [1.165, 1.54) is 11.3 Å². The van der Waals surface area contributed by atoms with Crippen LogP contribution in [0, 0.1) is 6.92 Å². The molecule has 0 bridgehead atoms. The van der Waals surface area contributed by atoms with E-state index < -0.39 is 0 Å². The van der Waals surface area contributed by atoms with Crippen LogP contribution in [0.5, 0.6) is 11.5 Å². The number of carbonyl (C=O) groups is 1. The Morgan fingerprint density at radius 3 is 2.76 bits per heavy atom. The van der Waals surface area contributed by atoms with Gasteiger partial charge in [-0.25, -0.2) is 4.98 Å². The lowest BCUT2D eigenvalue weighted by Gasteiger charge is -2.09. The molecule has 0 aliphatic heterocycles. The molecule has 2 aromatic rings. The summed E-state index contributed by atoms with van der Waals surface area (Å²) >= 11 is 1.39. The number of hydrogen-bond acceptors (Lipinski definition) is 6. The summed E-state index contributed by atoms with van der Waals surface area (Å²) in [5.74, 6) is 1.14. The van der Waals surface area contributed by atoms with Gasteiger partial charge in [0.05, 0.1) is 26.5 Å². The van der Waals surface area contributed by atoms with Gasteiger partial charge < -0.3 is 20.5 Å². The molecule has 0 spiro atoms. The molecule has 7 heteroatoms. The van der Waals surface area contributed by atoms with Gasteiger partial charge in [0.1, 0.15) is 11.5 Å². The number of thiazole rings is 1. The van der Waals surface area contributed by atoms with Crippen LogP contribution in [-0.2, 0) is 4.79 Å². The third-order valence-electron chi connectivity index (χ3n) is 2.89. The molecule has 0 saturated carbocycles. The fourth-order valence-electron chi connectivity index (χ4n) is 1.87. The van der Waals surface area contributed by atoms with Gasteiger partial charge in [-0.2, -0.15) is 0 Å². The van der Waals surface area contributed by atoms with Crippen LogP contribution in [0.2, 0.25) is 0 Å². The number of aromatic nitrogens is 1. The Labute approximate surface area is 126 Å². The van der Waals surface area contributed by atoms with Crippen molar-refractivity contribution < 1.29 is 14.3 Å². The van der Waals surface area contributed by atoms with Gasteiger partial charge in [-0.1, -0.05) is 0 Å². The van der Waals surface area contributed by atoms with Gasteiger partial charge in [0.25, 0.3) is 0 Å². The molecular formula is C14H17N3O3S. The number of benzene rings is 1. The smallest absolute Gasteiger partial charge is 0.239 e. The average molecular weight is 307 g/mol. The van der Waals surface area contributed by atoms with Crippen LogP contribution < -0.4 is 20.5 Å². The first-order valence-corrected chi connectivity index (χ1v) is 7.10. The maximum Gasteiger partial charge on any atom is 0.239 e. The number of rotatable bonds is 5. The summed E-state index contributed by atoms with van der Waals surface area (Å²) < 4.78 is 10.6. The minimum atomic E-state index is -0.270. The second kappa shape index (κ2) is 6.55. The lowest BCUT2D eigenvalue weighted by molar-refractivity contribution is -0.114. The normalized spacial score (nSPS) is 10.3. The standard InChI is InChI=1S/C14H17N3O3S/c1-8-13(17-14(21-8)16-12(18)7-15)10-6-9(19-2)4-5-11(10)20-3/h4-6H,7,15H2,1-3H3,(H,16,17,18). The number of nitrogens with two attached hydrogens (primary N) is 1. The van der Waals surface area contributed by atoms with E-state index >= 15 is 0 Å². The predicted octanol–water partition coefficient (Wildman–Crippen LogP) is 2.03. The Bertz CT molecular complexity index is 655. The molecule has 112 valence electrons. The van der Waals surface area contributed by atoms with E-state index in [-0.39, 0.29) is 12.5 Å². The molecule has 0 fully saturated rings. The lowest BCUT2D eigenvalue weighted by atomic mass is 10.1. The highest BCUT2D eigenvalue weighted by Gasteiger charge is 2.16. The Hall–Kier alpha value is -2.12. The van der Waals surface area contributed by atoms with Crippen LogP contribution in [0.4, 0.5) is 5.13 Å². The van der Waals surface area contributed by atoms with Crippen LogP contribution >= 0.6 is 11.3 Å². The number of aryl methyl sites for hydroxylation is 1. The molecule has 0 aliphatic rings. The minimum Gasteiger partial charge on any atom is -0.497 e. The van der Waals surface area contributed by atoms with Crippen molar-refractivity contribution in [2.24, 2.45) is 5.73 Å². The van der Waals surface area contributed by atoms with Crippen LogP contribution in [0.25, 0.3) is 11.3 Å². The first-order valence-electron chi connectivity index (χ1n) is 6.28. The van der Waals surface area contributed by atoms with Gasteiger partial charge in [0.15, 0.2) is 5.13 Å². The number of ether oxygens (including phenoxy) is 2. The molecule has 2 rings (SSSR count). The molecule has 6 nitrogen and oxygen atoms in total. The molecule has 0 saturated heterocycles.